The Morgan fingerprint density at radius 2 is 2.33 bits per heavy atom. The summed E-state index contributed by atoms with van der Waals surface area (Å²) in [6, 6.07) is 0. The smallest absolute Gasteiger partial charge is 0.265 e. The summed E-state index contributed by atoms with van der Waals surface area (Å²) in [6.07, 6.45) is 4.48. The van der Waals surface area contributed by atoms with Crippen molar-refractivity contribution >= 4 is 28.2 Å². The monoisotopic (exact) mass is 312 g/mol. The summed E-state index contributed by atoms with van der Waals surface area (Å²) >= 11 is 1.29. The number of aliphatic hydroxyl groups is 1. The van der Waals surface area contributed by atoms with Crippen LogP contribution in [0.3, 0.4) is 0 Å². The first kappa shape index (κ1) is 16.0. The Morgan fingerprint density at radius 3 is 3.05 bits per heavy atom. The van der Waals surface area contributed by atoms with Crippen molar-refractivity contribution in [3.63, 3.8) is 0 Å². The number of amides is 1. The lowest BCUT2D eigenvalue weighted by atomic mass is 9.87. The zero-order valence-corrected chi connectivity index (χ0v) is 13.2. The molecule has 2 unspecified atom stereocenters. The second kappa shape index (κ2) is 7.61. The highest BCUT2D eigenvalue weighted by atomic mass is 32.1. The molecule has 0 spiro atoms. The van der Waals surface area contributed by atoms with Crippen LogP contribution in [0.1, 0.15) is 48.7 Å². The van der Waals surface area contributed by atoms with Crippen LogP contribution in [-0.4, -0.2) is 35.2 Å². The summed E-state index contributed by atoms with van der Waals surface area (Å²) in [4.78, 5) is 16.8. The van der Waals surface area contributed by atoms with E-state index in [2.05, 4.69) is 22.5 Å². The third kappa shape index (κ3) is 4.57. The van der Waals surface area contributed by atoms with Gasteiger partial charge in [0.25, 0.3) is 5.91 Å². The molecule has 1 aliphatic rings. The van der Waals surface area contributed by atoms with Gasteiger partial charge in [-0.05, 0) is 31.6 Å². The molecule has 118 valence electrons. The standard InChI is InChI=1S/C14H24N4O2S/c1-2-6-16-14-18-12(15)11(21-14)13(20)17-8-9-4-3-5-10(19)7-9/h9-10,19H,2-8,15H2,1H3,(H,16,18)(H,17,20). The maximum absolute atomic E-state index is 12.2. The highest BCUT2D eigenvalue weighted by Crippen LogP contribution is 2.26. The molecule has 1 heterocycles. The molecule has 5 N–H and O–H groups in total. The van der Waals surface area contributed by atoms with Crippen molar-refractivity contribution in [3.05, 3.63) is 4.88 Å². The van der Waals surface area contributed by atoms with Gasteiger partial charge in [0, 0.05) is 13.1 Å². The van der Waals surface area contributed by atoms with Gasteiger partial charge in [0.1, 0.15) is 10.7 Å². The van der Waals surface area contributed by atoms with Crippen LogP contribution in [0.15, 0.2) is 0 Å². The van der Waals surface area contributed by atoms with Crippen LogP contribution in [0.25, 0.3) is 0 Å². The van der Waals surface area contributed by atoms with E-state index in [0.717, 1.165) is 38.6 Å². The summed E-state index contributed by atoms with van der Waals surface area (Å²) in [5.74, 6) is 0.457. The van der Waals surface area contributed by atoms with E-state index in [0.29, 0.717) is 22.5 Å². The third-order valence-corrected chi connectivity index (χ3v) is 4.72. The van der Waals surface area contributed by atoms with Crippen LogP contribution >= 0.6 is 11.3 Å². The summed E-state index contributed by atoms with van der Waals surface area (Å²) < 4.78 is 0. The number of thiazole rings is 1. The van der Waals surface area contributed by atoms with Crippen LogP contribution in [0.4, 0.5) is 10.9 Å². The van der Waals surface area contributed by atoms with Gasteiger partial charge in [0.15, 0.2) is 5.13 Å². The third-order valence-electron chi connectivity index (χ3n) is 3.69. The van der Waals surface area contributed by atoms with E-state index in [4.69, 9.17) is 5.73 Å². The largest absolute Gasteiger partial charge is 0.393 e. The molecule has 1 saturated carbocycles. The minimum atomic E-state index is -0.223. The zero-order chi connectivity index (χ0) is 15.2. The number of hydrogen-bond donors (Lipinski definition) is 4. The average molecular weight is 312 g/mol. The Bertz CT molecular complexity index is 478. The number of carbonyl (C=O) groups is 1. The first-order valence-electron chi connectivity index (χ1n) is 7.56. The van der Waals surface area contributed by atoms with E-state index in [1.165, 1.54) is 11.3 Å². The van der Waals surface area contributed by atoms with Gasteiger partial charge in [-0.2, -0.15) is 0 Å². The lowest BCUT2D eigenvalue weighted by molar-refractivity contribution is 0.0877. The molecule has 1 amide bonds. The van der Waals surface area contributed by atoms with Crippen molar-refractivity contribution in [1.82, 2.24) is 10.3 Å². The number of nitrogens with one attached hydrogen (secondary N) is 2. The number of carbonyl (C=O) groups excluding carboxylic acids is 1. The fourth-order valence-corrected chi connectivity index (χ4v) is 3.39. The van der Waals surface area contributed by atoms with Crippen molar-refractivity contribution in [2.75, 3.05) is 24.1 Å². The van der Waals surface area contributed by atoms with E-state index in [1.807, 2.05) is 0 Å². The normalized spacial score (nSPS) is 22.0. The first-order valence-corrected chi connectivity index (χ1v) is 8.38. The van der Waals surface area contributed by atoms with Gasteiger partial charge >= 0.3 is 0 Å². The summed E-state index contributed by atoms with van der Waals surface area (Å²) in [5.41, 5.74) is 5.80. The van der Waals surface area contributed by atoms with Crippen molar-refractivity contribution in [1.29, 1.82) is 0 Å². The highest BCUT2D eigenvalue weighted by molar-refractivity contribution is 7.18. The van der Waals surface area contributed by atoms with Crippen LogP contribution in [0.5, 0.6) is 0 Å². The number of nitrogens with zero attached hydrogens (tertiary/aromatic N) is 1. The van der Waals surface area contributed by atoms with Gasteiger partial charge in [-0.3, -0.25) is 4.79 Å². The Kier molecular flexibility index (Phi) is 5.81. The van der Waals surface area contributed by atoms with Crippen LogP contribution in [-0.2, 0) is 0 Å². The molecule has 1 fully saturated rings. The molecule has 1 aromatic heterocycles. The quantitative estimate of drug-likeness (QED) is 0.642. The van der Waals surface area contributed by atoms with Gasteiger partial charge in [-0.25, -0.2) is 4.98 Å². The number of aliphatic hydroxyl groups excluding tert-OH is 1. The maximum atomic E-state index is 12.2. The molecule has 2 atom stereocenters. The SMILES string of the molecule is CCCNc1nc(N)c(C(=O)NCC2CCCC(O)C2)s1. The highest BCUT2D eigenvalue weighted by Gasteiger charge is 2.22. The molecule has 21 heavy (non-hydrogen) atoms. The minimum Gasteiger partial charge on any atom is -0.393 e. The summed E-state index contributed by atoms with van der Waals surface area (Å²) in [5, 5.41) is 16.4. The minimum absolute atomic E-state index is 0.172. The fraction of sp³-hybridized carbons (Fsp3) is 0.714. The van der Waals surface area contributed by atoms with Gasteiger partial charge in [-0.1, -0.05) is 24.7 Å². The van der Waals surface area contributed by atoms with E-state index < -0.39 is 0 Å². The predicted molar refractivity (Wildman–Crippen MR) is 85.6 cm³/mol. The molecule has 2 rings (SSSR count). The second-order valence-corrected chi connectivity index (χ2v) is 6.56. The number of nitrogens with two attached hydrogens (primary N) is 1. The van der Waals surface area contributed by atoms with Gasteiger partial charge in [0.2, 0.25) is 0 Å². The molecule has 1 aromatic rings. The molecular weight excluding hydrogens is 288 g/mol. The molecular formula is C14H24N4O2S. The number of hydrogen-bond acceptors (Lipinski definition) is 6. The molecule has 0 radical (unpaired) electrons. The average Bonchev–Trinajstić information content (AvgIpc) is 2.84. The molecule has 1 aliphatic carbocycles. The summed E-state index contributed by atoms with van der Waals surface area (Å²) in [7, 11) is 0. The van der Waals surface area contributed by atoms with E-state index in [9.17, 15) is 9.90 Å². The molecule has 6 nitrogen and oxygen atoms in total. The predicted octanol–water partition coefficient (Wildman–Crippen LogP) is 1.83. The van der Waals surface area contributed by atoms with E-state index >= 15 is 0 Å². The van der Waals surface area contributed by atoms with Crippen molar-refractivity contribution < 1.29 is 9.90 Å². The molecule has 0 aromatic carbocycles. The lowest BCUT2D eigenvalue weighted by Gasteiger charge is -2.25. The van der Waals surface area contributed by atoms with Crippen LogP contribution in [0, 0.1) is 5.92 Å². The Morgan fingerprint density at radius 1 is 1.52 bits per heavy atom. The fourth-order valence-electron chi connectivity index (χ4n) is 2.57. The molecule has 0 saturated heterocycles. The Balaban J connectivity index is 1.86. The van der Waals surface area contributed by atoms with Crippen LogP contribution < -0.4 is 16.4 Å². The topological polar surface area (TPSA) is 100 Å². The Labute approximate surface area is 129 Å². The number of aromatic nitrogens is 1. The molecule has 7 heteroatoms. The lowest BCUT2D eigenvalue weighted by Crippen LogP contribution is -2.32. The molecule has 0 bridgehead atoms. The van der Waals surface area contributed by atoms with Gasteiger partial charge in [0.05, 0.1) is 6.10 Å². The maximum Gasteiger partial charge on any atom is 0.265 e. The zero-order valence-electron chi connectivity index (χ0n) is 12.4. The second-order valence-electron chi connectivity index (χ2n) is 5.56. The van der Waals surface area contributed by atoms with Gasteiger partial charge < -0.3 is 21.5 Å². The van der Waals surface area contributed by atoms with Crippen molar-refractivity contribution in [2.45, 2.75) is 45.1 Å². The number of anilines is 2. The van der Waals surface area contributed by atoms with E-state index in [1.54, 1.807) is 0 Å². The number of nitrogen functional groups attached to an aromatic ring is 1. The molecule has 0 aliphatic heterocycles. The van der Waals surface area contributed by atoms with Crippen molar-refractivity contribution in [3.8, 4) is 0 Å². The van der Waals surface area contributed by atoms with Gasteiger partial charge in [-0.15, -0.1) is 0 Å². The number of rotatable bonds is 6. The first-order chi connectivity index (χ1) is 10.1. The van der Waals surface area contributed by atoms with Crippen LogP contribution in [0.2, 0.25) is 0 Å². The Hall–Kier alpha value is -1.34. The van der Waals surface area contributed by atoms with E-state index in [-0.39, 0.29) is 17.8 Å². The van der Waals surface area contributed by atoms with Crippen molar-refractivity contribution in [2.24, 2.45) is 5.92 Å². The summed E-state index contributed by atoms with van der Waals surface area (Å²) in [6.45, 7) is 3.47.